The molecule has 0 amide bonds. The Bertz CT molecular complexity index is 790. The van der Waals surface area contributed by atoms with Gasteiger partial charge in [-0.25, -0.2) is 9.67 Å². The van der Waals surface area contributed by atoms with Gasteiger partial charge in [0, 0.05) is 44.6 Å². The van der Waals surface area contributed by atoms with Gasteiger partial charge in [-0.15, -0.1) is 0 Å². The minimum atomic E-state index is 0.733. The van der Waals surface area contributed by atoms with Crippen LogP contribution in [-0.2, 0) is 6.54 Å². The Kier molecular flexibility index (Phi) is 3.96. The van der Waals surface area contributed by atoms with Crippen molar-refractivity contribution in [2.75, 3.05) is 31.1 Å². The summed E-state index contributed by atoms with van der Waals surface area (Å²) in [4.78, 5) is 13.6. The SMILES string of the molecule is Cc1cc(CN2CCN(c3cncc(-n4cccn4)n3)CC2)on1. The van der Waals surface area contributed by atoms with Crippen molar-refractivity contribution in [3.63, 3.8) is 0 Å². The third-order valence-corrected chi connectivity index (χ3v) is 4.10. The number of piperazine rings is 1. The first-order chi connectivity index (χ1) is 11.8. The number of anilines is 1. The van der Waals surface area contributed by atoms with E-state index in [4.69, 9.17) is 4.52 Å². The van der Waals surface area contributed by atoms with Crippen molar-refractivity contribution in [2.45, 2.75) is 13.5 Å². The van der Waals surface area contributed by atoms with Crippen LogP contribution in [0.2, 0.25) is 0 Å². The molecule has 24 heavy (non-hydrogen) atoms. The van der Waals surface area contributed by atoms with Crippen LogP contribution >= 0.6 is 0 Å². The van der Waals surface area contributed by atoms with Gasteiger partial charge in [0.25, 0.3) is 0 Å². The van der Waals surface area contributed by atoms with Gasteiger partial charge in [-0.2, -0.15) is 5.10 Å². The molecule has 8 heteroatoms. The molecule has 8 nitrogen and oxygen atoms in total. The molecule has 1 aliphatic rings. The number of hydrogen-bond donors (Lipinski definition) is 0. The van der Waals surface area contributed by atoms with Crippen molar-refractivity contribution in [3.05, 3.63) is 48.4 Å². The van der Waals surface area contributed by atoms with Gasteiger partial charge in [0.1, 0.15) is 5.82 Å². The highest BCUT2D eigenvalue weighted by atomic mass is 16.5. The van der Waals surface area contributed by atoms with Crippen LogP contribution in [-0.4, -0.2) is 56.0 Å². The second kappa shape index (κ2) is 6.40. The third-order valence-electron chi connectivity index (χ3n) is 4.10. The average Bonchev–Trinajstić information content (AvgIpc) is 3.28. The Balaban J connectivity index is 1.40. The van der Waals surface area contributed by atoms with Crippen LogP contribution in [0.3, 0.4) is 0 Å². The molecule has 0 spiro atoms. The summed E-state index contributed by atoms with van der Waals surface area (Å²) in [6.45, 7) is 6.46. The smallest absolute Gasteiger partial charge is 0.173 e. The lowest BCUT2D eigenvalue weighted by Gasteiger charge is -2.34. The first-order valence-electron chi connectivity index (χ1n) is 7.99. The molecule has 1 saturated heterocycles. The number of aromatic nitrogens is 5. The predicted octanol–water partition coefficient (Wildman–Crippen LogP) is 1.28. The van der Waals surface area contributed by atoms with E-state index in [2.05, 4.69) is 30.0 Å². The highest BCUT2D eigenvalue weighted by molar-refractivity contribution is 5.39. The van der Waals surface area contributed by atoms with E-state index >= 15 is 0 Å². The van der Waals surface area contributed by atoms with Crippen molar-refractivity contribution < 1.29 is 4.52 Å². The number of rotatable bonds is 4. The Labute approximate surface area is 139 Å². The lowest BCUT2D eigenvalue weighted by Crippen LogP contribution is -2.46. The maximum Gasteiger partial charge on any atom is 0.173 e. The Morgan fingerprint density at radius 1 is 1.12 bits per heavy atom. The van der Waals surface area contributed by atoms with Crippen LogP contribution in [0, 0.1) is 6.92 Å². The van der Waals surface area contributed by atoms with Gasteiger partial charge in [-0.3, -0.25) is 9.88 Å². The third kappa shape index (κ3) is 3.13. The quantitative estimate of drug-likeness (QED) is 0.715. The largest absolute Gasteiger partial charge is 0.360 e. The van der Waals surface area contributed by atoms with Crippen molar-refractivity contribution in [1.82, 2.24) is 29.8 Å². The molecule has 3 aromatic heterocycles. The van der Waals surface area contributed by atoms with Crippen LogP contribution in [0.15, 0.2) is 41.4 Å². The number of aryl methyl sites for hydroxylation is 1. The second-order valence-electron chi connectivity index (χ2n) is 5.88. The Morgan fingerprint density at radius 3 is 2.67 bits per heavy atom. The molecule has 0 aromatic carbocycles. The summed E-state index contributed by atoms with van der Waals surface area (Å²) in [6, 6.07) is 3.86. The van der Waals surface area contributed by atoms with Crippen LogP contribution in [0.1, 0.15) is 11.5 Å². The van der Waals surface area contributed by atoms with E-state index in [0.717, 1.165) is 55.8 Å². The molecule has 1 aliphatic heterocycles. The zero-order valence-electron chi connectivity index (χ0n) is 13.5. The molecule has 0 radical (unpaired) electrons. The van der Waals surface area contributed by atoms with Gasteiger partial charge >= 0.3 is 0 Å². The highest BCUT2D eigenvalue weighted by Gasteiger charge is 2.20. The Morgan fingerprint density at radius 2 is 1.96 bits per heavy atom. The molecule has 0 unspecified atom stereocenters. The maximum atomic E-state index is 5.30. The lowest BCUT2D eigenvalue weighted by atomic mass is 10.3. The van der Waals surface area contributed by atoms with Crippen LogP contribution in [0.4, 0.5) is 5.82 Å². The standard InChI is InChI=1S/C16H19N7O/c1-13-9-14(24-20-13)12-21-5-7-22(8-6-21)15-10-17-11-16(19-15)23-4-2-3-18-23/h2-4,9-11H,5-8,12H2,1H3. The average molecular weight is 325 g/mol. The maximum absolute atomic E-state index is 5.30. The molecule has 3 aromatic rings. The van der Waals surface area contributed by atoms with Crippen molar-refractivity contribution in [1.29, 1.82) is 0 Å². The van der Waals surface area contributed by atoms with Gasteiger partial charge in [0.15, 0.2) is 11.6 Å². The van der Waals surface area contributed by atoms with E-state index in [9.17, 15) is 0 Å². The zero-order valence-corrected chi connectivity index (χ0v) is 13.5. The highest BCUT2D eigenvalue weighted by Crippen LogP contribution is 2.16. The van der Waals surface area contributed by atoms with Gasteiger partial charge in [-0.1, -0.05) is 5.16 Å². The number of hydrogen-bond acceptors (Lipinski definition) is 7. The minimum Gasteiger partial charge on any atom is -0.360 e. The summed E-state index contributed by atoms with van der Waals surface area (Å²) in [5.74, 6) is 2.54. The van der Waals surface area contributed by atoms with Gasteiger partial charge in [-0.05, 0) is 13.0 Å². The summed E-state index contributed by atoms with van der Waals surface area (Å²) in [6.07, 6.45) is 7.13. The van der Waals surface area contributed by atoms with Gasteiger partial charge in [0.05, 0.1) is 24.6 Å². The summed E-state index contributed by atoms with van der Waals surface area (Å²) >= 11 is 0. The fraction of sp³-hybridized carbons (Fsp3) is 0.375. The topological polar surface area (TPSA) is 76.1 Å². The lowest BCUT2D eigenvalue weighted by molar-refractivity contribution is 0.219. The summed E-state index contributed by atoms with van der Waals surface area (Å²) in [7, 11) is 0. The second-order valence-corrected chi connectivity index (χ2v) is 5.88. The molecule has 4 heterocycles. The van der Waals surface area contributed by atoms with E-state index in [1.54, 1.807) is 17.1 Å². The first-order valence-corrected chi connectivity index (χ1v) is 7.99. The summed E-state index contributed by atoms with van der Waals surface area (Å²) < 4.78 is 7.02. The summed E-state index contributed by atoms with van der Waals surface area (Å²) in [5.41, 5.74) is 0.925. The minimum absolute atomic E-state index is 0.733. The molecule has 124 valence electrons. The first kappa shape index (κ1) is 14.8. The molecular weight excluding hydrogens is 306 g/mol. The summed E-state index contributed by atoms with van der Waals surface area (Å²) in [5, 5.41) is 8.14. The molecule has 4 rings (SSSR count). The van der Waals surface area contributed by atoms with Crippen LogP contribution < -0.4 is 4.90 Å². The molecule has 0 N–H and O–H groups in total. The molecular formula is C16H19N7O. The van der Waals surface area contributed by atoms with E-state index < -0.39 is 0 Å². The predicted molar refractivity (Wildman–Crippen MR) is 87.9 cm³/mol. The molecule has 1 fully saturated rings. The molecule has 0 bridgehead atoms. The number of nitrogens with zero attached hydrogens (tertiary/aromatic N) is 7. The zero-order chi connectivity index (χ0) is 16.4. The van der Waals surface area contributed by atoms with Crippen LogP contribution in [0.5, 0.6) is 0 Å². The van der Waals surface area contributed by atoms with E-state index in [-0.39, 0.29) is 0 Å². The van der Waals surface area contributed by atoms with Crippen molar-refractivity contribution in [2.24, 2.45) is 0 Å². The molecule has 0 saturated carbocycles. The van der Waals surface area contributed by atoms with E-state index in [0.29, 0.717) is 0 Å². The van der Waals surface area contributed by atoms with Crippen molar-refractivity contribution >= 4 is 5.82 Å². The molecule has 0 aliphatic carbocycles. The van der Waals surface area contributed by atoms with Crippen LogP contribution in [0.25, 0.3) is 5.82 Å². The Hall–Kier alpha value is -2.74. The van der Waals surface area contributed by atoms with Gasteiger partial charge in [0.2, 0.25) is 0 Å². The van der Waals surface area contributed by atoms with Crippen molar-refractivity contribution in [3.8, 4) is 5.82 Å². The molecule has 0 atom stereocenters. The van der Waals surface area contributed by atoms with E-state index in [1.165, 1.54) is 0 Å². The van der Waals surface area contributed by atoms with E-state index in [1.807, 2.05) is 31.5 Å². The fourth-order valence-corrected chi connectivity index (χ4v) is 2.86. The fourth-order valence-electron chi connectivity index (χ4n) is 2.86. The monoisotopic (exact) mass is 325 g/mol. The normalized spacial score (nSPS) is 15.8. The van der Waals surface area contributed by atoms with Gasteiger partial charge < -0.3 is 9.42 Å².